The van der Waals surface area contributed by atoms with E-state index in [9.17, 15) is 14.4 Å². The molecule has 1 aromatic carbocycles. The molecule has 0 radical (unpaired) electrons. The van der Waals surface area contributed by atoms with E-state index in [-0.39, 0.29) is 29.6 Å². The van der Waals surface area contributed by atoms with Gasteiger partial charge in [-0.25, -0.2) is 0 Å². The lowest BCUT2D eigenvalue weighted by Gasteiger charge is -2.35. The fourth-order valence-corrected chi connectivity index (χ4v) is 6.54. The lowest BCUT2D eigenvalue weighted by Crippen LogP contribution is -2.56. The zero-order chi connectivity index (χ0) is 28.6. The Labute approximate surface area is 245 Å². The summed E-state index contributed by atoms with van der Waals surface area (Å²) >= 11 is 1.13. The molecule has 1 saturated carbocycles. The summed E-state index contributed by atoms with van der Waals surface area (Å²) in [7, 11) is 0. The number of anilines is 1. The van der Waals surface area contributed by atoms with E-state index in [1.54, 1.807) is 17.3 Å². The predicted molar refractivity (Wildman–Crippen MR) is 159 cm³/mol. The van der Waals surface area contributed by atoms with Crippen LogP contribution in [0, 0.1) is 11.8 Å². The highest BCUT2D eigenvalue weighted by Gasteiger charge is 2.41. The van der Waals surface area contributed by atoms with Crippen molar-refractivity contribution in [3.8, 4) is 11.3 Å². The monoisotopic (exact) mass is 574 g/mol. The standard InChI is InChI=1S/C31H38N6O3S/c1-21(14-15-22-16-18-32-19-17-22)28(38)33-27(24-11-6-3-7-12-24)31(40)37-20-8-13-25(37)29(39)34-30-26(35-36-41-30)23-9-4-2-5-10-23/h2,4-5,9-10,16-19,21,24-25,27H,3,6-8,11-15,20H2,1H3,(H,33,38)(H,34,39)/t21?,25-,27-/m0/s1. The number of rotatable bonds is 10. The number of nitrogens with zero attached hydrogens (tertiary/aromatic N) is 4. The molecule has 2 fully saturated rings. The summed E-state index contributed by atoms with van der Waals surface area (Å²) in [5, 5.41) is 10.9. The molecule has 9 nitrogen and oxygen atoms in total. The van der Waals surface area contributed by atoms with Crippen LogP contribution in [0.4, 0.5) is 5.00 Å². The minimum Gasteiger partial charge on any atom is -0.344 e. The van der Waals surface area contributed by atoms with Crippen LogP contribution in [-0.4, -0.2) is 55.8 Å². The van der Waals surface area contributed by atoms with Crippen molar-refractivity contribution in [3.63, 3.8) is 0 Å². The van der Waals surface area contributed by atoms with E-state index in [0.717, 1.165) is 67.6 Å². The third-order valence-corrected chi connectivity index (χ3v) is 9.00. The summed E-state index contributed by atoms with van der Waals surface area (Å²) < 4.78 is 4.05. The number of hydrogen-bond donors (Lipinski definition) is 2. The lowest BCUT2D eigenvalue weighted by atomic mass is 9.83. The molecule has 216 valence electrons. The summed E-state index contributed by atoms with van der Waals surface area (Å²) in [4.78, 5) is 46.7. The van der Waals surface area contributed by atoms with Crippen molar-refractivity contribution >= 4 is 34.3 Å². The fraction of sp³-hybridized carbons (Fsp3) is 0.484. The SMILES string of the molecule is CC(CCc1ccncc1)C(=O)N[C@H](C(=O)N1CCC[C@H]1C(=O)Nc1snnc1-c1ccccc1)C1CCCCC1. The van der Waals surface area contributed by atoms with Gasteiger partial charge >= 0.3 is 0 Å². The van der Waals surface area contributed by atoms with Gasteiger partial charge in [0.15, 0.2) is 0 Å². The number of carbonyl (C=O) groups is 3. The van der Waals surface area contributed by atoms with Crippen LogP contribution in [0.2, 0.25) is 0 Å². The molecule has 2 aliphatic rings. The van der Waals surface area contributed by atoms with Gasteiger partial charge < -0.3 is 15.5 Å². The smallest absolute Gasteiger partial charge is 0.247 e. The van der Waals surface area contributed by atoms with Crippen molar-refractivity contribution in [2.45, 2.75) is 76.8 Å². The van der Waals surface area contributed by atoms with Gasteiger partial charge in [-0.05, 0) is 62.1 Å². The van der Waals surface area contributed by atoms with Crippen molar-refractivity contribution in [3.05, 3.63) is 60.4 Å². The van der Waals surface area contributed by atoms with Gasteiger partial charge in [-0.3, -0.25) is 19.4 Å². The third kappa shape index (κ3) is 7.16. The van der Waals surface area contributed by atoms with Gasteiger partial charge in [0.1, 0.15) is 22.8 Å². The van der Waals surface area contributed by atoms with Gasteiger partial charge in [-0.1, -0.05) is 61.0 Å². The normalized spacial score (nSPS) is 19.0. The molecule has 0 spiro atoms. The highest BCUT2D eigenvalue weighted by molar-refractivity contribution is 7.10. The number of benzene rings is 1. The van der Waals surface area contributed by atoms with Crippen LogP contribution >= 0.6 is 11.5 Å². The highest BCUT2D eigenvalue weighted by Crippen LogP contribution is 2.32. The van der Waals surface area contributed by atoms with Crippen LogP contribution in [0.3, 0.4) is 0 Å². The zero-order valence-electron chi connectivity index (χ0n) is 23.5. The van der Waals surface area contributed by atoms with E-state index in [4.69, 9.17) is 0 Å². The van der Waals surface area contributed by atoms with Crippen LogP contribution in [0.5, 0.6) is 0 Å². The minimum absolute atomic E-state index is 0.0762. The van der Waals surface area contributed by atoms with Crippen LogP contribution < -0.4 is 10.6 Å². The van der Waals surface area contributed by atoms with Crippen LogP contribution in [0.15, 0.2) is 54.9 Å². The van der Waals surface area contributed by atoms with Crippen molar-refractivity contribution in [2.75, 3.05) is 11.9 Å². The maximum Gasteiger partial charge on any atom is 0.247 e. The average molecular weight is 575 g/mol. The van der Waals surface area contributed by atoms with E-state index in [1.807, 2.05) is 49.4 Å². The molecule has 2 aromatic heterocycles. The maximum absolute atomic E-state index is 14.1. The summed E-state index contributed by atoms with van der Waals surface area (Å²) in [6.07, 6.45) is 11.3. The van der Waals surface area contributed by atoms with Gasteiger partial charge in [-0.15, -0.1) is 5.10 Å². The number of hydrogen-bond acceptors (Lipinski definition) is 7. The van der Waals surface area contributed by atoms with E-state index < -0.39 is 12.1 Å². The molecule has 2 N–H and O–H groups in total. The lowest BCUT2D eigenvalue weighted by molar-refractivity contribution is -0.142. The van der Waals surface area contributed by atoms with Gasteiger partial charge in [0.25, 0.3) is 0 Å². The molecule has 1 aliphatic heterocycles. The summed E-state index contributed by atoms with van der Waals surface area (Å²) in [5.74, 6) is -0.651. The molecule has 1 unspecified atom stereocenters. The van der Waals surface area contributed by atoms with Crippen molar-refractivity contribution < 1.29 is 14.4 Å². The Bertz CT molecular complexity index is 1310. The van der Waals surface area contributed by atoms with Crippen LogP contribution in [0.25, 0.3) is 11.3 Å². The Morgan fingerprint density at radius 2 is 1.76 bits per heavy atom. The molecule has 3 amide bonds. The first-order chi connectivity index (χ1) is 20.0. The summed E-state index contributed by atoms with van der Waals surface area (Å²) in [6.45, 7) is 2.42. The molecule has 1 aliphatic carbocycles. The van der Waals surface area contributed by atoms with Gasteiger partial charge in [0.05, 0.1) is 0 Å². The van der Waals surface area contributed by atoms with Crippen molar-refractivity contribution in [1.82, 2.24) is 24.8 Å². The third-order valence-electron chi connectivity index (χ3n) is 8.36. The first-order valence-corrected chi connectivity index (χ1v) is 15.5. The predicted octanol–water partition coefficient (Wildman–Crippen LogP) is 4.86. The Kier molecular flexibility index (Phi) is 9.71. The zero-order valence-corrected chi connectivity index (χ0v) is 24.3. The van der Waals surface area contributed by atoms with Gasteiger partial charge in [0.2, 0.25) is 17.7 Å². The minimum atomic E-state index is -0.621. The second kappa shape index (κ2) is 13.8. The number of likely N-dealkylation sites (tertiary alicyclic amines) is 1. The summed E-state index contributed by atoms with van der Waals surface area (Å²) in [6, 6.07) is 12.3. The van der Waals surface area contributed by atoms with Gasteiger partial charge in [0, 0.05) is 42.0 Å². The van der Waals surface area contributed by atoms with E-state index in [0.29, 0.717) is 30.1 Å². The molecule has 10 heteroatoms. The highest BCUT2D eigenvalue weighted by atomic mass is 32.1. The largest absolute Gasteiger partial charge is 0.344 e. The van der Waals surface area contributed by atoms with Crippen molar-refractivity contribution in [1.29, 1.82) is 0 Å². The molecular formula is C31H38N6O3S. The Morgan fingerprint density at radius 1 is 1.00 bits per heavy atom. The Hall–Kier alpha value is -3.66. The van der Waals surface area contributed by atoms with Crippen molar-refractivity contribution in [2.24, 2.45) is 11.8 Å². The molecule has 3 atom stereocenters. The van der Waals surface area contributed by atoms with Crippen LogP contribution in [0.1, 0.15) is 63.9 Å². The molecule has 0 bridgehead atoms. The molecule has 5 rings (SSSR count). The molecule has 1 saturated heterocycles. The topological polar surface area (TPSA) is 117 Å². The first-order valence-electron chi connectivity index (χ1n) is 14.7. The van der Waals surface area contributed by atoms with E-state index in [1.165, 1.54) is 0 Å². The Balaban J connectivity index is 1.27. The van der Waals surface area contributed by atoms with E-state index in [2.05, 4.69) is 25.2 Å². The van der Waals surface area contributed by atoms with Gasteiger partial charge in [-0.2, -0.15) is 0 Å². The maximum atomic E-state index is 14.1. The quantitative estimate of drug-likeness (QED) is 0.357. The number of amides is 3. The molecule has 41 heavy (non-hydrogen) atoms. The second-order valence-corrected chi connectivity index (χ2v) is 11.9. The molecule has 3 heterocycles. The fourth-order valence-electron chi connectivity index (χ4n) is 5.94. The number of pyridine rings is 1. The number of aryl methyl sites for hydroxylation is 1. The molecular weight excluding hydrogens is 536 g/mol. The number of nitrogens with one attached hydrogen (secondary N) is 2. The molecule has 3 aromatic rings. The number of carbonyl (C=O) groups excluding carboxylic acids is 3. The Morgan fingerprint density at radius 3 is 2.51 bits per heavy atom. The summed E-state index contributed by atoms with van der Waals surface area (Å²) in [5.41, 5.74) is 2.62. The second-order valence-electron chi connectivity index (χ2n) is 11.2. The van der Waals surface area contributed by atoms with Crippen LogP contribution in [-0.2, 0) is 20.8 Å². The number of aromatic nitrogens is 3. The van der Waals surface area contributed by atoms with E-state index >= 15 is 0 Å². The first kappa shape index (κ1) is 28.9. The average Bonchev–Trinajstić information content (AvgIpc) is 3.70.